The van der Waals surface area contributed by atoms with Gasteiger partial charge in [0.15, 0.2) is 0 Å². The van der Waals surface area contributed by atoms with Gasteiger partial charge in [-0.1, -0.05) is 12.1 Å². The Bertz CT molecular complexity index is 665. The Labute approximate surface area is 110 Å². The fourth-order valence-corrected chi connectivity index (χ4v) is 1.77. The highest BCUT2D eigenvalue weighted by atomic mass is 16.4. The predicted octanol–water partition coefficient (Wildman–Crippen LogP) is 2.42. The quantitative estimate of drug-likeness (QED) is 0.733. The molecule has 96 valence electrons. The first-order valence-electron chi connectivity index (χ1n) is 5.64. The normalized spacial score (nSPS) is 10.2. The van der Waals surface area contributed by atoms with Crippen molar-refractivity contribution in [3.05, 3.63) is 47.7 Å². The van der Waals surface area contributed by atoms with Crippen LogP contribution >= 0.6 is 0 Å². The van der Waals surface area contributed by atoms with Crippen LogP contribution in [0, 0.1) is 5.41 Å². The van der Waals surface area contributed by atoms with Crippen LogP contribution in [0.25, 0.3) is 11.1 Å². The van der Waals surface area contributed by atoms with Crippen molar-refractivity contribution >= 4 is 17.5 Å². The van der Waals surface area contributed by atoms with E-state index in [1.54, 1.807) is 37.4 Å². The highest BCUT2D eigenvalue weighted by Gasteiger charge is 2.08. The molecule has 0 radical (unpaired) electrons. The summed E-state index contributed by atoms with van der Waals surface area (Å²) >= 11 is 0. The molecule has 0 saturated heterocycles. The molecule has 19 heavy (non-hydrogen) atoms. The number of nitrogens with two attached hydrogens (primary N) is 1. The first-order valence-corrected chi connectivity index (χ1v) is 5.64. The Hall–Kier alpha value is -2.69. The molecule has 0 aliphatic rings. The number of hydrogen-bond donors (Lipinski definition) is 3. The Morgan fingerprint density at radius 2 is 2.05 bits per heavy atom. The first-order chi connectivity index (χ1) is 8.99. The maximum Gasteiger partial charge on any atom is 0.335 e. The van der Waals surface area contributed by atoms with E-state index < -0.39 is 5.97 Å². The summed E-state index contributed by atoms with van der Waals surface area (Å²) in [6.07, 6.45) is 1.57. The minimum Gasteiger partial charge on any atom is -0.478 e. The van der Waals surface area contributed by atoms with Crippen LogP contribution in [0.2, 0.25) is 0 Å². The second-order valence-electron chi connectivity index (χ2n) is 4.17. The number of nitrogen functional groups attached to an aromatic ring is 1. The summed E-state index contributed by atoms with van der Waals surface area (Å²) in [7, 11) is 0. The number of anilines is 1. The lowest BCUT2D eigenvalue weighted by molar-refractivity contribution is 0.0697. The Morgan fingerprint density at radius 3 is 2.68 bits per heavy atom. The van der Waals surface area contributed by atoms with Crippen molar-refractivity contribution in [3.8, 4) is 11.1 Å². The minimum atomic E-state index is -0.978. The second kappa shape index (κ2) is 4.89. The highest BCUT2D eigenvalue weighted by Crippen LogP contribution is 2.23. The lowest BCUT2D eigenvalue weighted by Crippen LogP contribution is -2.02. The maximum atomic E-state index is 10.9. The molecular formula is C14H13N3O2. The molecule has 5 nitrogen and oxygen atoms in total. The molecule has 4 N–H and O–H groups in total. The first kappa shape index (κ1) is 12.8. The van der Waals surface area contributed by atoms with Crippen molar-refractivity contribution in [3.63, 3.8) is 0 Å². The van der Waals surface area contributed by atoms with E-state index in [1.807, 2.05) is 0 Å². The van der Waals surface area contributed by atoms with E-state index in [4.69, 9.17) is 16.2 Å². The highest BCUT2D eigenvalue weighted by molar-refractivity contribution is 6.01. The number of nitrogens with zero attached hydrogens (tertiary/aromatic N) is 1. The van der Waals surface area contributed by atoms with Gasteiger partial charge in [-0.3, -0.25) is 0 Å². The van der Waals surface area contributed by atoms with Gasteiger partial charge in [0, 0.05) is 23.0 Å². The molecule has 1 heterocycles. The molecule has 0 saturated carbocycles. The van der Waals surface area contributed by atoms with Crippen LogP contribution in [0.15, 0.2) is 36.5 Å². The summed E-state index contributed by atoms with van der Waals surface area (Å²) in [4.78, 5) is 15.0. The van der Waals surface area contributed by atoms with E-state index in [0.29, 0.717) is 17.1 Å². The van der Waals surface area contributed by atoms with Crippen molar-refractivity contribution in [1.29, 1.82) is 5.41 Å². The molecular weight excluding hydrogens is 242 g/mol. The zero-order valence-electron chi connectivity index (χ0n) is 10.3. The molecule has 0 unspecified atom stereocenters. The van der Waals surface area contributed by atoms with E-state index >= 15 is 0 Å². The van der Waals surface area contributed by atoms with E-state index in [0.717, 1.165) is 11.1 Å². The van der Waals surface area contributed by atoms with Gasteiger partial charge in [0.25, 0.3) is 0 Å². The maximum absolute atomic E-state index is 10.9. The smallest absolute Gasteiger partial charge is 0.335 e. The zero-order valence-corrected chi connectivity index (χ0v) is 10.3. The lowest BCUT2D eigenvalue weighted by atomic mass is 10.0. The summed E-state index contributed by atoms with van der Waals surface area (Å²) in [5.41, 5.74) is 8.25. The lowest BCUT2D eigenvalue weighted by Gasteiger charge is -2.07. The van der Waals surface area contributed by atoms with Crippen LogP contribution in [-0.4, -0.2) is 21.8 Å². The molecule has 0 aliphatic heterocycles. The van der Waals surface area contributed by atoms with E-state index in [9.17, 15) is 4.79 Å². The third kappa shape index (κ3) is 2.60. The molecule has 2 aromatic rings. The molecule has 0 fully saturated rings. The molecule has 5 heteroatoms. The molecule has 1 aromatic heterocycles. The van der Waals surface area contributed by atoms with Crippen molar-refractivity contribution in [2.24, 2.45) is 0 Å². The number of aromatic carboxylic acids is 1. The Kier molecular flexibility index (Phi) is 3.29. The van der Waals surface area contributed by atoms with Gasteiger partial charge in [0.05, 0.1) is 5.56 Å². The summed E-state index contributed by atoms with van der Waals surface area (Å²) < 4.78 is 0. The molecule has 2 rings (SSSR count). The van der Waals surface area contributed by atoms with Gasteiger partial charge in [-0.05, 0) is 30.7 Å². The number of pyridine rings is 1. The second-order valence-corrected chi connectivity index (χ2v) is 4.17. The van der Waals surface area contributed by atoms with Crippen LogP contribution in [0.3, 0.4) is 0 Å². The number of rotatable bonds is 3. The average Bonchev–Trinajstić information content (AvgIpc) is 2.39. The summed E-state index contributed by atoms with van der Waals surface area (Å²) in [5, 5.41) is 16.6. The standard InChI is InChI=1S/C14H13N3O2/c1-8(15)12-6-11(7-17-13(12)16)9-3-2-4-10(5-9)14(18)19/h2-7,15H,1H3,(H2,16,17)(H,18,19). The van der Waals surface area contributed by atoms with Gasteiger partial charge in [-0.25, -0.2) is 9.78 Å². The summed E-state index contributed by atoms with van der Waals surface area (Å²) in [6, 6.07) is 8.30. The number of nitrogens with one attached hydrogen (secondary N) is 1. The number of carboxylic acid groups (broad SMARTS) is 1. The predicted molar refractivity (Wildman–Crippen MR) is 73.5 cm³/mol. The third-order valence-electron chi connectivity index (χ3n) is 2.77. The Morgan fingerprint density at radius 1 is 1.32 bits per heavy atom. The van der Waals surface area contributed by atoms with Gasteiger partial charge in [0.2, 0.25) is 0 Å². The van der Waals surface area contributed by atoms with Gasteiger partial charge in [0.1, 0.15) is 5.82 Å². The molecule has 0 atom stereocenters. The van der Waals surface area contributed by atoms with Gasteiger partial charge >= 0.3 is 5.97 Å². The van der Waals surface area contributed by atoms with Gasteiger partial charge < -0.3 is 16.2 Å². The van der Waals surface area contributed by atoms with Crippen LogP contribution in [-0.2, 0) is 0 Å². The van der Waals surface area contributed by atoms with Crippen LogP contribution in [0.1, 0.15) is 22.8 Å². The average molecular weight is 255 g/mol. The number of hydrogen-bond acceptors (Lipinski definition) is 4. The van der Waals surface area contributed by atoms with Crippen molar-refractivity contribution in [2.45, 2.75) is 6.92 Å². The van der Waals surface area contributed by atoms with Crippen molar-refractivity contribution < 1.29 is 9.90 Å². The zero-order chi connectivity index (χ0) is 14.0. The van der Waals surface area contributed by atoms with E-state index in [1.165, 1.54) is 6.07 Å². The van der Waals surface area contributed by atoms with Gasteiger partial charge in [-0.15, -0.1) is 0 Å². The number of carbonyl (C=O) groups is 1. The monoisotopic (exact) mass is 255 g/mol. The minimum absolute atomic E-state index is 0.211. The molecule has 0 spiro atoms. The fraction of sp³-hybridized carbons (Fsp3) is 0.0714. The third-order valence-corrected chi connectivity index (χ3v) is 2.77. The SMILES string of the molecule is CC(=N)c1cc(-c2cccc(C(=O)O)c2)cnc1N. The molecule has 0 amide bonds. The number of carboxylic acids is 1. The number of aromatic nitrogens is 1. The van der Waals surface area contributed by atoms with Gasteiger partial charge in [-0.2, -0.15) is 0 Å². The van der Waals surface area contributed by atoms with Crippen molar-refractivity contribution in [2.75, 3.05) is 5.73 Å². The largest absolute Gasteiger partial charge is 0.478 e. The van der Waals surface area contributed by atoms with Crippen molar-refractivity contribution in [1.82, 2.24) is 4.98 Å². The molecule has 0 aliphatic carbocycles. The van der Waals surface area contributed by atoms with Crippen LogP contribution < -0.4 is 5.73 Å². The van der Waals surface area contributed by atoms with E-state index in [-0.39, 0.29) is 5.56 Å². The summed E-state index contributed by atoms with van der Waals surface area (Å²) in [6.45, 7) is 1.63. The topological polar surface area (TPSA) is 100 Å². The Balaban J connectivity index is 2.53. The fourth-order valence-electron chi connectivity index (χ4n) is 1.77. The molecule has 0 bridgehead atoms. The van der Waals surface area contributed by atoms with Crippen LogP contribution in [0.5, 0.6) is 0 Å². The molecule has 1 aromatic carbocycles. The van der Waals surface area contributed by atoms with E-state index in [2.05, 4.69) is 4.98 Å². The van der Waals surface area contributed by atoms with Crippen LogP contribution in [0.4, 0.5) is 5.82 Å². The summed E-state index contributed by atoms with van der Waals surface area (Å²) in [5.74, 6) is -0.681. The number of benzene rings is 1.